The van der Waals surface area contributed by atoms with Gasteiger partial charge in [0.05, 0.1) is 0 Å². The van der Waals surface area contributed by atoms with Crippen molar-refractivity contribution in [2.24, 2.45) is 5.92 Å². The van der Waals surface area contributed by atoms with Gasteiger partial charge in [0.2, 0.25) is 0 Å². The number of esters is 2. The zero-order valence-corrected chi connectivity index (χ0v) is 8.52. The van der Waals surface area contributed by atoms with Crippen LogP contribution in [0.1, 0.15) is 13.8 Å². The zero-order valence-electron chi connectivity index (χ0n) is 8.52. The average Bonchev–Trinajstić information content (AvgIpc) is 2.15. The molecule has 0 aliphatic heterocycles. The summed E-state index contributed by atoms with van der Waals surface area (Å²) in [5.41, 5.74) is 0. The molecule has 0 aromatic carbocycles. The molecule has 0 aliphatic rings. The highest BCUT2D eigenvalue weighted by molar-refractivity contribution is 5.95. The van der Waals surface area contributed by atoms with E-state index in [1.165, 1.54) is 6.92 Å². The molecule has 1 atom stereocenters. The summed E-state index contributed by atoms with van der Waals surface area (Å²) in [6.45, 7) is 1.51. The van der Waals surface area contributed by atoms with Crippen LogP contribution >= 0.6 is 0 Å². The molecule has 0 aliphatic carbocycles. The van der Waals surface area contributed by atoms with Crippen molar-refractivity contribution in [3.8, 4) is 0 Å². The SMILES string of the molecule is CC(=O)OCC(=O)C(C=O)COC(C)=O. The summed E-state index contributed by atoms with van der Waals surface area (Å²) in [4.78, 5) is 42.4. The van der Waals surface area contributed by atoms with Crippen LogP contribution in [0.25, 0.3) is 0 Å². The fourth-order valence-corrected chi connectivity index (χ4v) is 0.695. The Hall–Kier alpha value is -1.72. The number of carbonyl (C=O) groups is 4. The van der Waals surface area contributed by atoms with Gasteiger partial charge < -0.3 is 14.3 Å². The Balaban J connectivity index is 4.04. The molecule has 0 saturated heterocycles. The molecule has 1 unspecified atom stereocenters. The van der Waals surface area contributed by atoms with Gasteiger partial charge in [-0.2, -0.15) is 0 Å². The van der Waals surface area contributed by atoms with Gasteiger partial charge in [0.1, 0.15) is 18.8 Å². The summed E-state index contributed by atoms with van der Waals surface area (Å²) in [6.07, 6.45) is 0.356. The molecule has 0 N–H and O–H groups in total. The molecule has 0 radical (unpaired) electrons. The molecule has 6 heteroatoms. The molecule has 0 amide bonds. The minimum atomic E-state index is -1.08. The number of carbonyl (C=O) groups excluding carboxylic acids is 4. The van der Waals surface area contributed by atoms with Gasteiger partial charge in [0.15, 0.2) is 12.4 Å². The van der Waals surface area contributed by atoms with Crippen molar-refractivity contribution in [1.82, 2.24) is 0 Å². The normalized spacial score (nSPS) is 11.3. The van der Waals surface area contributed by atoms with Gasteiger partial charge in [0.25, 0.3) is 0 Å². The molecular formula is C9H12O6. The summed E-state index contributed by atoms with van der Waals surface area (Å²) in [6, 6.07) is 0. The van der Waals surface area contributed by atoms with Crippen molar-refractivity contribution < 1.29 is 28.7 Å². The first-order chi connectivity index (χ1) is 6.97. The van der Waals surface area contributed by atoms with Gasteiger partial charge in [-0.05, 0) is 0 Å². The molecule has 0 saturated carbocycles. The van der Waals surface area contributed by atoms with E-state index in [9.17, 15) is 19.2 Å². The fourth-order valence-electron chi connectivity index (χ4n) is 0.695. The molecule has 0 rings (SSSR count). The van der Waals surface area contributed by atoms with Crippen molar-refractivity contribution in [3.05, 3.63) is 0 Å². The Morgan fingerprint density at radius 1 is 1.13 bits per heavy atom. The first kappa shape index (κ1) is 13.3. The zero-order chi connectivity index (χ0) is 11.8. The van der Waals surface area contributed by atoms with Crippen molar-refractivity contribution >= 4 is 24.0 Å². The molecule has 0 spiro atoms. The fraction of sp³-hybridized carbons (Fsp3) is 0.556. The van der Waals surface area contributed by atoms with E-state index < -0.39 is 30.2 Å². The first-order valence-electron chi connectivity index (χ1n) is 4.22. The van der Waals surface area contributed by atoms with Crippen molar-refractivity contribution in [3.63, 3.8) is 0 Å². The molecule has 0 aromatic heterocycles. The van der Waals surface area contributed by atoms with Crippen molar-refractivity contribution in [2.45, 2.75) is 13.8 Å². The highest BCUT2D eigenvalue weighted by atomic mass is 16.5. The summed E-state index contributed by atoms with van der Waals surface area (Å²) in [5, 5.41) is 0. The predicted octanol–water partition coefficient (Wildman–Crippen LogP) is -0.503. The van der Waals surface area contributed by atoms with E-state index in [1.807, 2.05) is 0 Å². The van der Waals surface area contributed by atoms with Crippen LogP contribution in [0, 0.1) is 5.92 Å². The average molecular weight is 216 g/mol. The molecule has 6 nitrogen and oxygen atoms in total. The predicted molar refractivity (Wildman–Crippen MR) is 47.8 cm³/mol. The molecule has 0 fully saturated rings. The monoisotopic (exact) mass is 216 g/mol. The molecule has 0 bridgehead atoms. The lowest BCUT2D eigenvalue weighted by atomic mass is 10.1. The maximum atomic E-state index is 11.2. The summed E-state index contributed by atoms with van der Waals surface area (Å²) in [5.74, 6) is -2.86. The summed E-state index contributed by atoms with van der Waals surface area (Å²) < 4.78 is 8.90. The van der Waals surface area contributed by atoms with E-state index in [0.717, 1.165) is 6.92 Å². The Kier molecular flexibility index (Phi) is 5.92. The van der Waals surface area contributed by atoms with Crippen LogP contribution in [0.4, 0.5) is 0 Å². The smallest absolute Gasteiger partial charge is 0.303 e. The second-order valence-corrected chi connectivity index (χ2v) is 2.79. The number of rotatable bonds is 6. The van der Waals surface area contributed by atoms with E-state index >= 15 is 0 Å². The van der Waals surface area contributed by atoms with Gasteiger partial charge in [-0.15, -0.1) is 0 Å². The van der Waals surface area contributed by atoms with E-state index in [0.29, 0.717) is 6.29 Å². The maximum absolute atomic E-state index is 11.2. The van der Waals surface area contributed by atoms with Crippen molar-refractivity contribution in [1.29, 1.82) is 0 Å². The van der Waals surface area contributed by atoms with Crippen LogP contribution in [-0.4, -0.2) is 37.2 Å². The van der Waals surface area contributed by atoms with Crippen LogP contribution in [-0.2, 0) is 28.7 Å². The Morgan fingerprint density at radius 3 is 2.07 bits per heavy atom. The molecular weight excluding hydrogens is 204 g/mol. The van der Waals surface area contributed by atoms with Gasteiger partial charge in [-0.3, -0.25) is 14.4 Å². The second-order valence-electron chi connectivity index (χ2n) is 2.79. The summed E-state index contributed by atoms with van der Waals surface area (Å²) in [7, 11) is 0. The number of ether oxygens (including phenoxy) is 2. The van der Waals surface area contributed by atoms with Gasteiger partial charge in [-0.1, -0.05) is 0 Å². The maximum Gasteiger partial charge on any atom is 0.303 e. The number of aldehydes is 1. The molecule has 15 heavy (non-hydrogen) atoms. The van der Waals surface area contributed by atoms with Crippen LogP contribution in [0.15, 0.2) is 0 Å². The van der Waals surface area contributed by atoms with Crippen molar-refractivity contribution in [2.75, 3.05) is 13.2 Å². The van der Waals surface area contributed by atoms with Gasteiger partial charge in [-0.25, -0.2) is 0 Å². The lowest BCUT2D eigenvalue weighted by molar-refractivity contribution is -0.150. The third-order valence-electron chi connectivity index (χ3n) is 1.46. The van der Waals surface area contributed by atoms with Crippen LogP contribution in [0.5, 0.6) is 0 Å². The Bertz CT molecular complexity index is 270. The topological polar surface area (TPSA) is 86.7 Å². The molecule has 0 aromatic rings. The Labute approximate surface area is 86.5 Å². The molecule has 84 valence electrons. The second kappa shape index (κ2) is 6.69. The first-order valence-corrected chi connectivity index (χ1v) is 4.22. The number of Topliss-reactive ketones (excluding diaryl/α,β-unsaturated/α-hetero) is 1. The molecule has 0 heterocycles. The largest absolute Gasteiger partial charge is 0.465 e. The van der Waals surface area contributed by atoms with Gasteiger partial charge in [0, 0.05) is 13.8 Å². The third kappa shape index (κ3) is 6.36. The highest BCUT2D eigenvalue weighted by Crippen LogP contribution is 1.97. The summed E-state index contributed by atoms with van der Waals surface area (Å²) >= 11 is 0. The lowest BCUT2D eigenvalue weighted by Gasteiger charge is -2.08. The van der Waals surface area contributed by atoms with Gasteiger partial charge >= 0.3 is 11.9 Å². The van der Waals surface area contributed by atoms with E-state index in [1.54, 1.807) is 0 Å². The van der Waals surface area contributed by atoms with Crippen LogP contribution in [0.2, 0.25) is 0 Å². The van der Waals surface area contributed by atoms with Crippen LogP contribution < -0.4 is 0 Å². The minimum Gasteiger partial charge on any atom is -0.465 e. The Morgan fingerprint density at radius 2 is 1.67 bits per heavy atom. The minimum absolute atomic E-state index is 0.321. The standard InChI is InChI=1S/C9H12O6/c1-6(11)14-4-8(3-10)9(13)5-15-7(2)12/h3,8H,4-5H2,1-2H3. The van der Waals surface area contributed by atoms with E-state index in [2.05, 4.69) is 9.47 Å². The number of ketones is 1. The lowest BCUT2D eigenvalue weighted by Crippen LogP contribution is -2.27. The highest BCUT2D eigenvalue weighted by Gasteiger charge is 2.19. The van der Waals surface area contributed by atoms with E-state index in [4.69, 9.17) is 0 Å². The number of hydrogen-bond acceptors (Lipinski definition) is 6. The third-order valence-corrected chi connectivity index (χ3v) is 1.46. The van der Waals surface area contributed by atoms with Crippen LogP contribution in [0.3, 0.4) is 0 Å². The van der Waals surface area contributed by atoms with E-state index in [-0.39, 0.29) is 6.61 Å². The number of hydrogen-bond donors (Lipinski definition) is 0. The quantitative estimate of drug-likeness (QED) is 0.338.